The molecule has 2 aromatic rings. The maximum absolute atomic E-state index is 13.9. The molecule has 7 heteroatoms. The number of rotatable bonds is 8. The molecule has 2 aliphatic heterocycles. The highest BCUT2D eigenvalue weighted by Gasteiger charge is 2.34. The predicted octanol–water partition coefficient (Wildman–Crippen LogP) is 4.32. The van der Waals surface area contributed by atoms with Crippen LogP contribution in [0.4, 0.5) is 10.1 Å². The average molecular weight is 481 g/mol. The Balaban J connectivity index is 1.37. The molecule has 2 aromatic carbocycles. The van der Waals surface area contributed by atoms with Crippen molar-refractivity contribution in [1.82, 2.24) is 9.80 Å². The maximum atomic E-state index is 13.9. The Kier molecular flexibility index (Phi) is 7.75. The molecule has 188 valence electrons. The molecular weight excluding hydrogens is 443 g/mol. The average Bonchev–Trinajstić information content (AvgIpc) is 3.33. The summed E-state index contributed by atoms with van der Waals surface area (Å²) in [6.07, 6.45) is 3.55. The molecule has 0 radical (unpaired) electrons. The first kappa shape index (κ1) is 25.2. The van der Waals surface area contributed by atoms with Crippen molar-refractivity contribution in [3.63, 3.8) is 0 Å². The fourth-order valence-electron chi connectivity index (χ4n) is 5.29. The van der Waals surface area contributed by atoms with E-state index in [9.17, 15) is 14.0 Å². The number of piperidine rings is 1. The van der Waals surface area contributed by atoms with Crippen LogP contribution in [0, 0.1) is 5.92 Å². The lowest BCUT2D eigenvalue weighted by molar-refractivity contribution is -0.121. The molecule has 2 fully saturated rings. The monoisotopic (exact) mass is 480 g/mol. The van der Waals surface area contributed by atoms with Gasteiger partial charge in [0, 0.05) is 30.9 Å². The molecule has 0 aromatic heterocycles. The van der Waals surface area contributed by atoms with Crippen molar-refractivity contribution in [3.05, 3.63) is 54.1 Å². The number of primary amides is 1. The number of benzene rings is 2. The molecule has 0 saturated carbocycles. The van der Waals surface area contributed by atoms with E-state index in [-0.39, 0.29) is 5.91 Å². The Morgan fingerprint density at radius 1 is 1.03 bits per heavy atom. The molecule has 3 N–H and O–H groups in total. The topological polar surface area (TPSA) is 78.7 Å². The largest absolute Gasteiger partial charge is 0.385 e. The third-order valence-corrected chi connectivity index (χ3v) is 7.10. The number of nitrogens with one attached hydrogen (secondary N) is 1. The first-order valence-electron chi connectivity index (χ1n) is 12.7. The third-order valence-electron chi connectivity index (χ3n) is 7.10. The van der Waals surface area contributed by atoms with Gasteiger partial charge in [0.2, 0.25) is 5.91 Å². The van der Waals surface area contributed by atoms with E-state index in [1.807, 2.05) is 48.5 Å². The summed E-state index contributed by atoms with van der Waals surface area (Å²) in [5.74, 6) is -0.0158. The van der Waals surface area contributed by atoms with Crippen LogP contribution in [0.25, 0.3) is 11.1 Å². The highest BCUT2D eigenvalue weighted by atomic mass is 19.1. The molecule has 2 amide bonds. The molecule has 0 bridgehead atoms. The summed E-state index contributed by atoms with van der Waals surface area (Å²) < 4.78 is 13.9. The number of nitrogens with two attached hydrogens (primary N) is 1. The van der Waals surface area contributed by atoms with Gasteiger partial charge in [0.05, 0.1) is 0 Å². The SMILES string of the molecule is CC(C)(F)CN1CCC(CNc2ccc(-c3ccccc3C(=O)N3CCC[C@H]3C(N)=O)cc2)CC1. The van der Waals surface area contributed by atoms with E-state index in [4.69, 9.17) is 5.73 Å². The fraction of sp³-hybridized carbons (Fsp3) is 0.500. The zero-order valence-electron chi connectivity index (χ0n) is 20.8. The van der Waals surface area contributed by atoms with Gasteiger partial charge in [0.1, 0.15) is 11.7 Å². The Hall–Kier alpha value is -2.93. The highest BCUT2D eigenvalue weighted by molar-refractivity contribution is 6.03. The van der Waals surface area contributed by atoms with Gasteiger partial charge in [-0.3, -0.25) is 9.59 Å². The molecule has 2 aliphatic rings. The van der Waals surface area contributed by atoms with Gasteiger partial charge in [-0.25, -0.2) is 4.39 Å². The molecule has 35 heavy (non-hydrogen) atoms. The van der Waals surface area contributed by atoms with Crippen molar-refractivity contribution in [3.8, 4) is 11.1 Å². The number of amides is 2. The maximum Gasteiger partial charge on any atom is 0.255 e. The molecule has 0 spiro atoms. The standard InChI is InChI=1S/C28H37FN4O2/c1-28(2,29)19-32-16-13-20(14-17-32)18-31-22-11-9-21(10-12-22)23-6-3-4-7-24(23)27(35)33-15-5-8-25(33)26(30)34/h3-4,6-7,9-12,20,25,31H,5,8,13-19H2,1-2H3,(H2,30,34)/t25-/m0/s1. The van der Waals surface area contributed by atoms with Crippen molar-refractivity contribution in [1.29, 1.82) is 0 Å². The summed E-state index contributed by atoms with van der Waals surface area (Å²) in [7, 11) is 0. The van der Waals surface area contributed by atoms with Crippen molar-refractivity contribution < 1.29 is 14.0 Å². The lowest BCUT2D eigenvalue weighted by atomic mass is 9.95. The lowest BCUT2D eigenvalue weighted by Crippen LogP contribution is -2.43. The number of hydrogen-bond acceptors (Lipinski definition) is 4. The van der Waals surface area contributed by atoms with Crippen LogP contribution >= 0.6 is 0 Å². The Morgan fingerprint density at radius 3 is 2.37 bits per heavy atom. The van der Waals surface area contributed by atoms with Crippen molar-refractivity contribution in [2.24, 2.45) is 11.7 Å². The summed E-state index contributed by atoms with van der Waals surface area (Å²) in [5.41, 5.74) is 7.81. The Morgan fingerprint density at radius 2 is 1.71 bits per heavy atom. The minimum absolute atomic E-state index is 0.147. The van der Waals surface area contributed by atoms with Gasteiger partial charge < -0.3 is 20.9 Å². The van der Waals surface area contributed by atoms with Gasteiger partial charge in [-0.05, 0) is 87.9 Å². The number of alkyl halides is 1. The lowest BCUT2D eigenvalue weighted by Gasteiger charge is -2.34. The summed E-state index contributed by atoms with van der Waals surface area (Å²) >= 11 is 0. The quantitative estimate of drug-likeness (QED) is 0.590. The normalized spacial score (nSPS) is 19.6. The molecule has 2 heterocycles. The minimum Gasteiger partial charge on any atom is -0.385 e. The molecule has 1 atom stereocenters. The van der Waals surface area contributed by atoms with Crippen LogP contribution in [-0.2, 0) is 4.79 Å². The van der Waals surface area contributed by atoms with E-state index in [1.165, 1.54) is 0 Å². The van der Waals surface area contributed by atoms with E-state index >= 15 is 0 Å². The van der Waals surface area contributed by atoms with Crippen LogP contribution in [0.5, 0.6) is 0 Å². The highest BCUT2D eigenvalue weighted by Crippen LogP contribution is 2.29. The van der Waals surface area contributed by atoms with E-state index in [2.05, 4.69) is 10.2 Å². The number of halogens is 1. The van der Waals surface area contributed by atoms with Crippen LogP contribution in [0.3, 0.4) is 0 Å². The van der Waals surface area contributed by atoms with Crippen LogP contribution in [0.15, 0.2) is 48.5 Å². The van der Waals surface area contributed by atoms with E-state index < -0.39 is 17.6 Å². The molecule has 2 saturated heterocycles. The van der Waals surface area contributed by atoms with Gasteiger partial charge >= 0.3 is 0 Å². The van der Waals surface area contributed by atoms with Crippen molar-refractivity contribution in [2.75, 3.05) is 38.0 Å². The van der Waals surface area contributed by atoms with Crippen molar-refractivity contribution >= 4 is 17.5 Å². The van der Waals surface area contributed by atoms with Crippen LogP contribution in [0.1, 0.15) is 49.9 Å². The number of anilines is 1. The summed E-state index contributed by atoms with van der Waals surface area (Å²) in [6, 6.07) is 15.1. The van der Waals surface area contributed by atoms with Crippen LogP contribution < -0.4 is 11.1 Å². The summed E-state index contributed by atoms with van der Waals surface area (Å²) in [5, 5.41) is 3.54. The predicted molar refractivity (Wildman–Crippen MR) is 138 cm³/mol. The molecular formula is C28H37FN4O2. The molecule has 0 unspecified atom stereocenters. The first-order chi connectivity index (χ1) is 16.7. The fourth-order valence-corrected chi connectivity index (χ4v) is 5.29. The third kappa shape index (κ3) is 6.40. The second-order valence-electron chi connectivity index (χ2n) is 10.5. The van der Waals surface area contributed by atoms with E-state index in [1.54, 1.807) is 18.7 Å². The van der Waals surface area contributed by atoms with Gasteiger partial charge in [0.15, 0.2) is 0 Å². The number of carbonyl (C=O) groups is 2. The molecule has 0 aliphatic carbocycles. The second kappa shape index (κ2) is 10.8. The number of hydrogen-bond donors (Lipinski definition) is 2. The summed E-state index contributed by atoms with van der Waals surface area (Å²) in [6.45, 7) is 7.11. The van der Waals surface area contributed by atoms with Gasteiger partial charge in [0.25, 0.3) is 5.91 Å². The Bertz CT molecular complexity index is 1030. The number of carbonyl (C=O) groups excluding carboxylic acids is 2. The Labute approximate surface area is 207 Å². The zero-order valence-corrected chi connectivity index (χ0v) is 20.8. The summed E-state index contributed by atoms with van der Waals surface area (Å²) in [4.78, 5) is 28.9. The van der Waals surface area contributed by atoms with Gasteiger partial charge in [-0.15, -0.1) is 0 Å². The zero-order chi connectivity index (χ0) is 25.0. The van der Waals surface area contributed by atoms with E-state index in [0.29, 0.717) is 31.0 Å². The smallest absolute Gasteiger partial charge is 0.255 e. The molecule has 6 nitrogen and oxygen atoms in total. The van der Waals surface area contributed by atoms with Gasteiger partial charge in [-0.2, -0.15) is 0 Å². The molecule has 4 rings (SSSR count). The minimum atomic E-state index is -1.14. The van der Waals surface area contributed by atoms with Crippen LogP contribution in [0.2, 0.25) is 0 Å². The van der Waals surface area contributed by atoms with Crippen LogP contribution in [-0.4, -0.2) is 66.0 Å². The van der Waals surface area contributed by atoms with Crippen molar-refractivity contribution in [2.45, 2.75) is 51.2 Å². The first-order valence-corrected chi connectivity index (χ1v) is 12.7. The second-order valence-corrected chi connectivity index (χ2v) is 10.5. The van der Waals surface area contributed by atoms with E-state index in [0.717, 1.165) is 55.7 Å². The number of likely N-dealkylation sites (tertiary alicyclic amines) is 2. The van der Waals surface area contributed by atoms with Gasteiger partial charge in [-0.1, -0.05) is 30.3 Å². The number of nitrogens with zero attached hydrogens (tertiary/aromatic N) is 2.